The van der Waals surface area contributed by atoms with Crippen molar-refractivity contribution in [3.05, 3.63) is 23.0 Å². The van der Waals surface area contributed by atoms with E-state index in [2.05, 4.69) is 21.0 Å². The van der Waals surface area contributed by atoms with Crippen LogP contribution in [0.4, 0.5) is 0 Å². The van der Waals surface area contributed by atoms with Crippen molar-refractivity contribution < 1.29 is 14.1 Å². The van der Waals surface area contributed by atoms with Gasteiger partial charge in [0.05, 0.1) is 16.6 Å². The van der Waals surface area contributed by atoms with Crippen LogP contribution in [0.2, 0.25) is 0 Å². The lowest BCUT2D eigenvalue weighted by atomic mass is 10.1. The van der Waals surface area contributed by atoms with E-state index in [-0.39, 0.29) is 17.7 Å². The van der Waals surface area contributed by atoms with E-state index in [1.807, 2.05) is 0 Å². The van der Waals surface area contributed by atoms with Crippen molar-refractivity contribution in [3.8, 4) is 0 Å². The number of amides is 2. The number of rotatable bonds is 3. The van der Waals surface area contributed by atoms with Crippen molar-refractivity contribution in [2.75, 3.05) is 0 Å². The van der Waals surface area contributed by atoms with Crippen LogP contribution in [-0.2, 0) is 4.79 Å². The predicted octanol–water partition coefficient (Wildman–Crippen LogP) is 1.58. The number of nitrogens with one attached hydrogen (secondary N) is 2. The van der Waals surface area contributed by atoms with Crippen LogP contribution in [0.3, 0.4) is 0 Å². The van der Waals surface area contributed by atoms with Crippen LogP contribution in [0.1, 0.15) is 53.3 Å². The summed E-state index contributed by atoms with van der Waals surface area (Å²) in [5, 5.41) is 4.49. The van der Waals surface area contributed by atoms with E-state index in [0.717, 1.165) is 31.4 Å². The highest BCUT2D eigenvalue weighted by Crippen LogP contribution is 2.40. The number of carbonyl (C=O) groups is 2. The topological polar surface area (TPSA) is 97.1 Å². The number of carbonyl (C=O) groups excluding carboxylic acids is 2. The zero-order valence-electron chi connectivity index (χ0n) is 12.2. The largest absolute Gasteiger partial charge is 0.336 e. The summed E-state index contributed by atoms with van der Waals surface area (Å²) in [7, 11) is 0. The number of hydrogen-bond donors (Lipinski definition) is 2. The monoisotopic (exact) mass is 300 g/mol. The molecule has 2 saturated carbocycles. The number of aromatic nitrogens is 2. The van der Waals surface area contributed by atoms with Gasteiger partial charge in [-0.1, -0.05) is 5.16 Å². The first-order chi connectivity index (χ1) is 10.6. The molecule has 2 aromatic heterocycles. The molecule has 7 heteroatoms. The molecule has 22 heavy (non-hydrogen) atoms. The Bertz CT molecular complexity index is 774. The second-order valence-electron chi connectivity index (χ2n) is 6.03. The fraction of sp³-hybridized carbons (Fsp3) is 0.467. The average Bonchev–Trinajstić information content (AvgIpc) is 3.41. The van der Waals surface area contributed by atoms with E-state index in [0.29, 0.717) is 28.3 Å². The number of hydrogen-bond acceptors (Lipinski definition) is 5. The zero-order chi connectivity index (χ0) is 15.3. The SMILES string of the molecule is Cc1noc2nc(C3CC3)cc(C(=O)NNC(=O)C3CC3)c12. The normalized spacial score (nSPS) is 17.5. The first-order valence-electron chi connectivity index (χ1n) is 7.50. The lowest BCUT2D eigenvalue weighted by Gasteiger charge is -2.08. The minimum atomic E-state index is -0.366. The van der Waals surface area contributed by atoms with Gasteiger partial charge in [0, 0.05) is 17.5 Å². The molecule has 2 aliphatic carbocycles. The Morgan fingerprint density at radius 2 is 2.00 bits per heavy atom. The van der Waals surface area contributed by atoms with Gasteiger partial charge in [-0.2, -0.15) is 0 Å². The minimum Gasteiger partial charge on any atom is -0.336 e. The van der Waals surface area contributed by atoms with Gasteiger partial charge >= 0.3 is 0 Å². The molecule has 0 aliphatic heterocycles. The molecule has 2 heterocycles. The van der Waals surface area contributed by atoms with Gasteiger partial charge in [-0.25, -0.2) is 4.98 Å². The summed E-state index contributed by atoms with van der Waals surface area (Å²) in [6, 6.07) is 1.78. The quantitative estimate of drug-likeness (QED) is 0.839. The van der Waals surface area contributed by atoms with Gasteiger partial charge in [-0.15, -0.1) is 0 Å². The Labute approximate surface area is 126 Å². The molecule has 2 amide bonds. The van der Waals surface area contributed by atoms with Crippen LogP contribution in [0.25, 0.3) is 11.1 Å². The summed E-state index contributed by atoms with van der Waals surface area (Å²) < 4.78 is 5.20. The molecule has 114 valence electrons. The Hall–Kier alpha value is -2.44. The van der Waals surface area contributed by atoms with Gasteiger partial charge in [0.15, 0.2) is 0 Å². The third-order valence-electron chi connectivity index (χ3n) is 4.12. The third kappa shape index (κ3) is 2.32. The van der Waals surface area contributed by atoms with Crippen molar-refractivity contribution in [2.24, 2.45) is 5.92 Å². The lowest BCUT2D eigenvalue weighted by molar-refractivity contribution is -0.123. The molecular weight excluding hydrogens is 284 g/mol. The van der Waals surface area contributed by atoms with E-state index in [1.165, 1.54) is 0 Å². The molecule has 7 nitrogen and oxygen atoms in total. The van der Waals surface area contributed by atoms with Crippen LogP contribution < -0.4 is 10.9 Å². The Morgan fingerprint density at radius 1 is 1.23 bits per heavy atom. The molecule has 0 unspecified atom stereocenters. The zero-order valence-corrected chi connectivity index (χ0v) is 12.2. The number of pyridine rings is 1. The Kier molecular flexibility index (Phi) is 2.88. The Balaban J connectivity index is 1.64. The molecule has 0 bridgehead atoms. The molecular formula is C15H16N4O3. The average molecular weight is 300 g/mol. The maximum atomic E-state index is 12.4. The second-order valence-corrected chi connectivity index (χ2v) is 6.03. The van der Waals surface area contributed by atoms with Gasteiger partial charge in [-0.3, -0.25) is 20.4 Å². The molecule has 2 aliphatic rings. The van der Waals surface area contributed by atoms with Crippen LogP contribution in [0, 0.1) is 12.8 Å². The lowest BCUT2D eigenvalue weighted by Crippen LogP contribution is -2.42. The third-order valence-corrected chi connectivity index (χ3v) is 4.12. The van der Waals surface area contributed by atoms with Crippen molar-refractivity contribution in [3.63, 3.8) is 0 Å². The van der Waals surface area contributed by atoms with Crippen molar-refractivity contribution in [1.82, 2.24) is 21.0 Å². The molecule has 2 fully saturated rings. The predicted molar refractivity (Wildman–Crippen MR) is 76.8 cm³/mol. The first kappa shape index (κ1) is 13.2. The summed E-state index contributed by atoms with van der Waals surface area (Å²) in [4.78, 5) is 28.5. The van der Waals surface area contributed by atoms with Crippen LogP contribution in [-0.4, -0.2) is 22.0 Å². The number of aryl methyl sites for hydroxylation is 1. The molecule has 0 atom stereocenters. The number of nitrogens with zero attached hydrogens (tertiary/aromatic N) is 2. The smallest absolute Gasteiger partial charge is 0.270 e. The fourth-order valence-electron chi connectivity index (χ4n) is 2.51. The van der Waals surface area contributed by atoms with E-state index in [9.17, 15) is 9.59 Å². The van der Waals surface area contributed by atoms with E-state index in [4.69, 9.17) is 4.52 Å². The van der Waals surface area contributed by atoms with Crippen LogP contribution in [0.5, 0.6) is 0 Å². The molecule has 2 N–H and O–H groups in total. The minimum absolute atomic E-state index is 0.0390. The summed E-state index contributed by atoms with van der Waals surface area (Å²) in [5.41, 5.74) is 7.24. The molecule has 0 aromatic carbocycles. The van der Waals surface area contributed by atoms with Gasteiger partial charge in [0.1, 0.15) is 0 Å². The number of fused-ring (bicyclic) bond motifs is 1. The molecule has 0 saturated heterocycles. The highest BCUT2D eigenvalue weighted by Gasteiger charge is 2.31. The summed E-state index contributed by atoms with van der Waals surface area (Å²) in [5.74, 6) is -0.0720. The van der Waals surface area contributed by atoms with Crippen molar-refractivity contribution in [1.29, 1.82) is 0 Å². The number of hydrazine groups is 1. The second kappa shape index (κ2) is 4.79. The van der Waals surface area contributed by atoms with Crippen LogP contribution in [0.15, 0.2) is 10.6 Å². The van der Waals surface area contributed by atoms with E-state index in [1.54, 1.807) is 13.0 Å². The molecule has 4 rings (SSSR count). The molecule has 0 radical (unpaired) electrons. The summed E-state index contributed by atoms with van der Waals surface area (Å²) >= 11 is 0. The van der Waals surface area contributed by atoms with Crippen LogP contribution >= 0.6 is 0 Å². The standard InChI is InChI=1S/C15H16N4O3/c1-7-12-10(14(21)18-17-13(20)9-4-5-9)6-11(8-2-3-8)16-15(12)22-19-7/h6,8-9H,2-5H2,1H3,(H,17,20)(H,18,21). The highest BCUT2D eigenvalue weighted by atomic mass is 16.5. The Morgan fingerprint density at radius 3 is 2.68 bits per heavy atom. The van der Waals surface area contributed by atoms with Crippen molar-refractivity contribution >= 4 is 22.9 Å². The van der Waals surface area contributed by atoms with Gasteiger partial charge < -0.3 is 4.52 Å². The van der Waals surface area contributed by atoms with Gasteiger partial charge in [-0.05, 0) is 38.7 Å². The highest BCUT2D eigenvalue weighted by molar-refractivity contribution is 6.06. The maximum absolute atomic E-state index is 12.4. The van der Waals surface area contributed by atoms with E-state index >= 15 is 0 Å². The molecule has 0 spiro atoms. The van der Waals surface area contributed by atoms with Gasteiger partial charge in [0.25, 0.3) is 11.6 Å². The first-order valence-corrected chi connectivity index (χ1v) is 7.50. The van der Waals surface area contributed by atoms with Crippen molar-refractivity contribution in [2.45, 2.75) is 38.5 Å². The molecule has 2 aromatic rings. The fourth-order valence-corrected chi connectivity index (χ4v) is 2.51. The summed E-state index contributed by atoms with van der Waals surface area (Å²) in [6.45, 7) is 1.77. The maximum Gasteiger partial charge on any atom is 0.270 e. The van der Waals surface area contributed by atoms with Gasteiger partial charge in [0.2, 0.25) is 5.91 Å². The summed E-state index contributed by atoms with van der Waals surface area (Å²) in [6.07, 6.45) is 3.92. The van der Waals surface area contributed by atoms with E-state index < -0.39 is 0 Å².